The maximum Gasteiger partial charge on any atom is 0.207 e. The first-order valence-corrected chi connectivity index (χ1v) is 9.04. The molecule has 1 heterocycles. The largest absolute Gasteiger partial charge is 0.497 e. The summed E-state index contributed by atoms with van der Waals surface area (Å²) in [6.45, 7) is 2.94. The first kappa shape index (κ1) is 17.8. The standard InChI is InChI=1S/C20H26O5/c1-3-4-11-23-16-9-10-17-18(12-16)24-13-19(20(17)21)25-15-7-5-14(22-2)6-8-15/h5-8,13,16-18H,3-4,9-12H2,1-2H3. The van der Waals surface area contributed by atoms with Gasteiger partial charge in [0.25, 0.3) is 0 Å². The van der Waals surface area contributed by atoms with Gasteiger partial charge < -0.3 is 18.9 Å². The zero-order chi connectivity index (χ0) is 17.6. The number of hydrogen-bond acceptors (Lipinski definition) is 5. The molecule has 1 saturated carbocycles. The summed E-state index contributed by atoms with van der Waals surface area (Å²) in [7, 11) is 1.61. The van der Waals surface area contributed by atoms with Gasteiger partial charge in [-0.1, -0.05) is 13.3 Å². The number of methoxy groups -OCH3 is 1. The molecule has 3 unspecified atom stereocenters. The fourth-order valence-corrected chi connectivity index (χ4v) is 3.32. The van der Waals surface area contributed by atoms with Crippen molar-refractivity contribution in [1.29, 1.82) is 0 Å². The van der Waals surface area contributed by atoms with E-state index in [1.54, 1.807) is 31.4 Å². The summed E-state index contributed by atoms with van der Waals surface area (Å²) in [6, 6.07) is 7.15. The zero-order valence-electron chi connectivity index (χ0n) is 14.9. The van der Waals surface area contributed by atoms with E-state index in [1.807, 2.05) is 0 Å². The number of allylic oxidation sites excluding steroid dienone is 1. The minimum absolute atomic E-state index is 0.0269. The van der Waals surface area contributed by atoms with E-state index in [0.717, 1.165) is 44.5 Å². The molecule has 1 aromatic rings. The summed E-state index contributed by atoms with van der Waals surface area (Å²) in [5.74, 6) is 1.51. The lowest BCUT2D eigenvalue weighted by atomic mass is 9.80. The molecule has 0 N–H and O–H groups in total. The molecule has 5 nitrogen and oxygen atoms in total. The van der Waals surface area contributed by atoms with Crippen LogP contribution in [0.25, 0.3) is 0 Å². The molecule has 0 saturated heterocycles. The van der Waals surface area contributed by atoms with Crippen molar-refractivity contribution in [2.45, 2.75) is 51.2 Å². The predicted octanol–water partition coefficient (Wildman–Crippen LogP) is 3.87. The van der Waals surface area contributed by atoms with Gasteiger partial charge in [-0.25, -0.2) is 0 Å². The Hall–Kier alpha value is -2.01. The molecule has 25 heavy (non-hydrogen) atoms. The second-order valence-corrected chi connectivity index (χ2v) is 6.56. The second kappa shape index (κ2) is 8.39. The molecule has 2 aliphatic rings. The summed E-state index contributed by atoms with van der Waals surface area (Å²) >= 11 is 0. The lowest BCUT2D eigenvalue weighted by Gasteiger charge is -2.37. The molecule has 3 atom stereocenters. The maximum absolute atomic E-state index is 12.7. The lowest BCUT2D eigenvalue weighted by Crippen LogP contribution is -2.42. The Morgan fingerprint density at radius 3 is 2.64 bits per heavy atom. The van der Waals surface area contributed by atoms with Crippen LogP contribution in [0.5, 0.6) is 11.5 Å². The number of carbonyl (C=O) groups excluding carboxylic acids is 1. The quantitative estimate of drug-likeness (QED) is 0.702. The molecule has 136 valence electrons. The molecule has 0 aromatic heterocycles. The van der Waals surface area contributed by atoms with E-state index in [0.29, 0.717) is 5.75 Å². The van der Waals surface area contributed by atoms with Crippen molar-refractivity contribution in [1.82, 2.24) is 0 Å². The average molecular weight is 346 g/mol. The van der Waals surface area contributed by atoms with Gasteiger partial charge in [-0.15, -0.1) is 0 Å². The Kier molecular flexibility index (Phi) is 5.97. The van der Waals surface area contributed by atoms with Crippen molar-refractivity contribution < 1.29 is 23.7 Å². The number of unbranched alkanes of at least 4 members (excludes halogenated alkanes) is 1. The Morgan fingerprint density at radius 1 is 1.16 bits per heavy atom. The highest BCUT2D eigenvalue weighted by molar-refractivity contribution is 5.96. The smallest absolute Gasteiger partial charge is 0.207 e. The van der Waals surface area contributed by atoms with Crippen molar-refractivity contribution in [3.05, 3.63) is 36.3 Å². The monoisotopic (exact) mass is 346 g/mol. The molecule has 1 aliphatic carbocycles. The van der Waals surface area contributed by atoms with Crippen LogP contribution in [-0.2, 0) is 14.3 Å². The van der Waals surface area contributed by atoms with Crippen molar-refractivity contribution in [2.75, 3.05) is 13.7 Å². The lowest BCUT2D eigenvalue weighted by molar-refractivity contribution is -0.133. The highest BCUT2D eigenvalue weighted by Crippen LogP contribution is 2.35. The SMILES string of the molecule is CCCCOC1CCC2C(=O)C(Oc3ccc(OC)cc3)=COC2C1. The Morgan fingerprint density at radius 2 is 1.92 bits per heavy atom. The number of hydrogen-bond donors (Lipinski definition) is 0. The van der Waals surface area contributed by atoms with Crippen LogP contribution in [0.3, 0.4) is 0 Å². The van der Waals surface area contributed by atoms with Gasteiger partial charge in [0.2, 0.25) is 11.5 Å². The molecule has 1 aliphatic heterocycles. The van der Waals surface area contributed by atoms with Gasteiger partial charge in [0, 0.05) is 13.0 Å². The van der Waals surface area contributed by atoms with Crippen LogP contribution in [0, 0.1) is 5.92 Å². The van der Waals surface area contributed by atoms with E-state index in [9.17, 15) is 4.79 Å². The van der Waals surface area contributed by atoms with Crippen LogP contribution in [0.15, 0.2) is 36.3 Å². The minimum Gasteiger partial charge on any atom is -0.497 e. The summed E-state index contributed by atoms with van der Waals surface area (Å²) in [5.41, 5.74) is 0. The van der Waals surface area contributed by atoms with E-state index >= 15 is 0 Å². The van der Waals surface area contributed by atoms with Gasteiger partial charge in [0.05, 0.1) is 19.1 Å². The number of rotatable bonds is 7. The molecular formula is C20H26O5. The molecule has 0 radical (unpaired) electrons. The fraction of sp³-hybridized carbons (Fsp3) is 0.550. The van der Waals surface area contributed by atoms with Crippen LogP contribution < -0.4 is 9.47 Å². The van der Waals surface area contributed by atoms with Crippen molar-refractivity contribution >= 4 is 5.78 Å². The second-order valence-electron chi connectivity index (χ2n) is 6.56. The van der Waals surface area contributed by atoms with E-state index in [4.69, 9.17) is 18.9 Å². The molecule has 5 heteroatoms. The normalized spacial score (nSPS) is 25.6. The number of ketones is 1. The third-order valence-electron chi connectivity index (χ3n) is 4.81. The number of ether oxygens (including phenoxy) is 4. The third kappa shape index (κ3) is 4.34. The van der Waals surface area contributed by atoms with E-state index < -0.39 is 0 Å². The Bertz CT molecular complexity index is 607. The van der Waals surface area contributed by atoms with Gasteiger partial charge in [-0.3, -0.25) is 4.79 Å². The van der Waals surface area contributed by atoms with E-state index in [1.165, 1.54) is 6.26 Å². The first-order chi connectivity index (χ1) is 12.2. The topological polar surface area (TPSA) is 54.0 Å². The highest BCUT2D eigenvalue weighted by atomic mass is 16.5. The van der Waals surface area contributed by atoms with Gasteiger partial charge in [-0.05, 0) is 43.5 Å². The van der Waals surface area contributed by atoms with Crippen LogP contribution in [-0.4, -0.2) is 31.7 Å². The minimum atomic E-state index is -0.135. The van der Waals surface area contributed by atoms with Crippen molar-refractivity contribution in [3.8, 4) is 11.5 Å². The third-order valence-corrected chi connectivity index (χ3v) is 4.81. The zero-order valence-corrected chi connectivity index (χ0v) is 14.9. The van der Waals surface area contributed by atoms with Crippen LogP contribution in [0.2, 0.25) is 0 Å². The van der Waals surface area contributed by atoms with Gasteiger partial charge in [-0.2, -0.15) is 0 Å². The van der Waals surface area contributed by atoms with Gasteiger partial charge >= 0.3 is 0 Å². The highest BCUT2D eigenvalue weighted by Gasteiger charge is 2.41. The molecule has 3 rings (SSSR count). The fourth-order valence-electron chi connectivity index (χ4n) is 3.32. The first-order valence-electron chi connectivity index (χ1n) is 9.04. The Balaban J connectivity index is 1.59. The summed E-state index contributed by atoms with van der Waals surface area (Å²) in [5, 5.41) is 0. The summed E-state index contributed by atoms with van der Waals surface area (Å²) < 4.78 is 22.5. The number of Topliss-reactive ketones (excluding diaryl/α,β-unsaturated/α-hetero) is 1. The van der Waals surface area contributed by atoms with Crippen molar-refractivity contribution in [2.24, 2.45) is 5.92 Å². The molecule has 0 spiro atoms. The van der Waals surface area contributed by atoms with Gasteiger partial charge in [0.15, 0.2) is 0 Å². The van der Waals surface area contributed by atoms with Gasteiger partial charge in [0.1, 0.15) is 23.9 Å². The van der Waals surface area contributed by atoms with E-state index in [2.05, 4.69) is 6.92 Å². The molecular weight excluding hydrogens is 320 g/mol. The maximum atomic E-state index is 12.7. The number of benzene rings is 1. The molecule has 1 fully saturated rings. The summed E-state index contributed by atoms with van der Waals surface area (Å²) in [6.07, 6.45) is 6.20. The molecule has 1 aromatic carbocycles. The summed E-state index contributed by atoms with van der Waals surface area (Å²) in [4.78, 5) is 12.7. The predicted molar refractivity (Wildman–Crippen MR) is 93.6 cm³/mol. The van der Waals surface area contributed by atoms with Crippen LogP contribution in [0.4, 0.5) is 0 Å². The van der Waals surface area contributed by atoms with E-state index in [-0.39, 0.29) is 29.7 Å². The number of fused-ring (bicyclic) bond motifs is 1. The van der Waals surface area contributed by atoms with Crippen molar-refractivity contribution in [3.63, 3.8) is 0 Å². The number of carbonyl (C=O) groups is 1. The average Bonchev–Trinajstić information content (AvgIpc) is 2.65. The van der Waals surface area contributed by atoms with Crippen LogP contribution >= 0.6 is 0 Å². The Labute approximate surface area is 148 Å². The molecule has 0 bridgehead atoms. The molecule has 0 amide bonds. The van der Waals surface area contributed by atoms with Crippen LogP contribution in [0.1, 0.15) is 39.0 Å².